The number of carbonyl (C=O) groups is 1. The lowest BCUT2D eigenvalue weighted by atomic mass is 9.89. The minimum absolute atomic E-state index is 0.426. The molecule has 0 heterocycles. The lowest BCUT2D eigenvalue weighted by molar-refractivity contribution is -0.139. The fraction of sp³-hybridized carbons (Fsp3) is 0.952. The van der Waals surface area contributed by atoms with Gasteiger partial charge in [-0.25, -0.2) is 0 Å². The molecule has 0 spiro atoms. The van der Waals surface area contributed by atoms with E-state index >= 15 is 0 Å². The molecular weight excluding hydrogens is 330 g/mol. The van der Waals surface area contributed by atoms with Gasteiger partial charge in [0.2, 0.25) is 0 Å². The van der Waals surface area contributed by atoms with Gasteiger partial charge >= 0.3 is 0 Å². The topological polar surface area (TPSA) is 104 Å². The zero-order valence-corrected chi connectivity index (χ0v) is 17.0. The molecule has 4 atom stereocenters. The maximum Gasteiger partial charge on any atom is 0.170 e. The Morgan fingerprint density at radius 2 is 1.15 bits per heavy atom. The number of nitrogens with two attached hydrogens (primary N) is 1. The van der Waals surface area contributed by atoms with Gasteiger partial charge in [0.1, 0.15) is 12.3 Å². The molecule has 0 aliphatic rings. The monoisotopic (exact) mass is 373 g/mol. The Bertz CT molecular complexity index is 334. The van der Waals surface area contributed by atoms with E-state index in [1.807, 2.05) is 0 Å². The van der Waals surface area contributed by atoms with E-state index in [1.165, 1.54) is 71.1 Å². The number of hydrogen-bond acceptors (Lipinski definition) is 5. The first-order valence-electron chi connectivity index (χ1n) is 10.7. The van der Waals surface area contributed by atoms with Crippen LogP contribution in [0.25, 0.3) is 0 Å². The van der Waals surface area contributed by atoms with Gasteiger partial charge < -0.3 is 21.1 Å². The van der Waals surface area contributed by atoms with Crippen molar-refractivity contribution in [1.29, 1.82) is 0 Å². The van der Waals surface area contributed by atoms with Crippen LogP contribution in [-0.2, 0) is 4.79 Å². The van der Waals surface area contributed by atoms with E-state index in [2.05, 4.69) is 6.92 Å². The van der Waals surface area contributed by atoms with E-state index in [0.29, 0.717) is 6.42 Å². The molecule has 4 unspecified atom stereocenters. The van der Waals surface area contributed by atoms with Gasteiger partial charge in [0.15, 0.2) is 5.78 Å². The summed E-state index contributed by atoms with van der Waals surface area (Å²) >= 11 is 0. The van der Waals surface area contributed by atoms with Crippen molar-refractivity contribution in [3.63, 3.8) is 0 Å². The van der Waals surface area contributed by atoms with Gasteiger partial charge in [-0.05, 0) is 13.3 Å². The second-order valence-electron chi connectivity index (χ2n) is 7.69. The molecular formula is C21H43NO4. The van der Waals surface area contributed by atoms with Crippen molar-refractivity contribution in [3.8, 4) is 0 Å². The quantitative estimate of drug-likeness (QED) is 0.217. The Kier molecular flexibility index (Phi) is 16.4. The number of aliphatic hydroxyl groups excluding tert-OH is 3. The highest BCUT2D eigenvalue weighted by atomic mass is 16.3. The number of carbonyl (C=O) groups excluding carboxylic acids is 1. The van der Waals surface area contributed by atoms with Gasteiger partial charge in [0.05, 0.1) is 12.0 Å². The van der Waals surface area contributed by atoms with Crippen LogP contribution in [0.15, 0.2) is 0 Å². The molecule has 0 aromatic carbocycles. The third-order valence-electron chi connectivity index (χ3n) is 5.13. The average molecular weight is 374 g/mol. The number of rotatable bonds is 18. The molecule has 0 saturated heterocycles. The fourth-order valence-corrected chi connectivity index (χ4v) is 3.41. The lowest BCUT2D eigenvalue weighted by Gasteiger charge is -2.25. The molecule has 0 bridgehead atoms. The summed E-state index contributed by atoms with van der Waals surface area (Å²) in [5.41, 5.74) is 5.38. The summed E-state index contributed by atoms with van der Waals surface area (Å²) in [7, 11) is 0. The molecule has 5 heteroatoms. The summed E-state index contributed by atoms with van der Waals surface area (Å²) in [6.45, 7) is 3.57. The number of unbranched alkanes of at least 4 members (excludes halogenated alkanes) is 12. The molecule has 0 amide bonds. The second kappa shape index (κ2) is 16.7. The molecule has 0 aliphatic carbocycles. The second-order valence-corrected chi connectivity index (χ2v) is 7.69. The van der Waals surface area contributed by atoms with Crippen LogP contribution in [0.2, 0.25) is 0 Å². The van der Waals surface area contributed by atoms with Crippen molar-refractivity contribution in [2.75, 3.05) is 0 Å². The maximum absolute atomic E-state index is 11.8. The molecule has 0 saturated carbocycles. The Balaban J connectivity index is 3.60. The van der Waals surface area contributed by atoms with E-state index < -0.39 is 30.1 Å². The average Bonchev–Trinajstić information content (AvgIpc) is 2.58. The predicted octanol–water partition coefficient (Wildman–Crippen LogP) is 3.67. The molecule has 0 aliphatic heterocycles. The number of ketones is 1. The van der Waals surface area contributed by atoms with Crippen LogP contribution in [0.5, 0.6) is 0 Å². The fourth-order valence-electron chi connectivity index (χ4n) is 3.41. The van der Waals surface area contributed by atoms with Gasteiger partial charge in [-0.2, -0.15) is 0 Å². The van der Waals surface area contributed by atoms with E-state index in [1.54, 1.807) is 0 Å². The van der Waals surface area contributed by atoms with Gasteiger partial charge in [-0.15, -0.1) is 0 Å². The van der Waals surface area contributed by atoms with Crippen LogP contribution in [0.4, 0.5) is 0 Å². The van der Waals surface area contributed by atoms with Crippen LogP contribution in [0.1, 0.15) is 104 Å². The van der Waals surface area contributed by atoms with Gasteiger partial charge in [-0.3, -0.25) is 4.79 Å². The molecule has 0 aromatic heterocycles. The van der Waals surface area contributed by atoms with Gasteiger partial charge in [-0.1, -0.05) is 90.4 Å². The summed E-state index contributed by atoms with van der Waals surface area (Å²) in [6, 6.07) is 0. The Labute approximate surface area is 160 Å². The minimum atomic E-state index is -1.44. The number of hydrogen-bond donors (Lipinski definition) is 4. The van der Waals surface area contributed by atoms with Crippen molar-refractivity contribution in [2.24, 2.45) is 11.7 Å². The highest BCUT2D eigenvalue weighted by Gasteiger charge is 2.33. The van der Waals surface area contributed by atoms with Crippen molar-refractivity contribution >= 4 is 5.78 Å². The van der Waals surface area contributed by atoms with Crippen LogP contribution in [0.3, 0.4) is 0 Å². The van der Waals surface area contributed by atoms with Crippen LogP contribution >= 0.6 is 0 Å². The predicted molar refractivity (Wildman–Crippen MR) is 107 cm³/mol. The summed E-state index contributed by atoms with van der Waals surface area (Å²) < 4.78 is 0. The first-order chi connectivity index (χ1) is 12.4. The van der Waals surface area contributed by atoms with Crippen LogP contribution in [-0.4, -0.2) is 39.5 Å². The largest absolute Gasteiger partial charge is 0.392 e. The molecule has 0 rings (SSSR count). The standard InChI is InChI=1S/C21H43NO4/c1-3-4-5-6-7-8-9-10-11-12-13-14-15-16-18(24)19(21(22)26)20(25)17(2)23/h17-19,21,23-24,26H,3-16,22H2,1-2H3. The van der Waals surface area contributed by atoms with Crippen LogP contribution < -0.4 is 5.73 Å². The third kappa shape index (κ3) is 12.8. The molecule has 5 N–H and O–H groups in total. The van der Waals surface area contributed by atoms with Gasteiger partial charge in [0, 0.05) is 0 Å². The molecule has 26 heavy (non-hydrogen) atoms. The number of aliphatic hydroxyl groups is 3. The van der Waals surface area contributed by atoms with E-state index in [0.717, 1.165) is 19.3 Å². The van der Waals surface area contributed by atoms with Crippen molar-refractivity contribution in [1.82, 2.24) is 0 Å². The van der Waals surface area contributed by atoms with E-state index in [4.69, 9.17) is 5.73 Å². The smallest absolute Gasteiger partial charge is 0.170 e. The minimum Gasteiger partial charge on any atom is -0.392 e. The maximum atomic E-state index is 11.8. The summed E-state index contributed by atoms with van der Waals surface area (Å²) in [4.78, 5) is 11.8. The molecule has 0 fully saturated rings. The van der Waals surface area contributed by atoms with Crippen LogP contribution in [0, 0.1) is 5.92 Å². The molecule has 156 valence electrons. The first kappa shape index (κ1) is 25.5. The van der Waals surface area contributed by atoms with Gasteiger partial charge in [0.25, 0.3) is 0 Å². The highest BCUT2D eigenvalue weighted by molar-refractivity contribution is 5.85. The Morgan fingerprint density at radius 3 is 1.50 bits per heavy atom. The summed E-state index contributed by atoms with van der Waals surface area (Å²) in [5, 5.41) is 28.9. The zero-order valence-electron chi connectivity index (χ0n) is 17.0. The van der Waals surface area contributed by atoms with E-state index in [-0.39, 0.29) is 0 Å². The SMILES string of the molecule is CCCCCCCCCCCCCCCC(O)C(C(=O)C(C)O)C(N)O. The molecule has 0 aromatic rings. The van der Waals surface area contributed by atoms with Crippen molar-refractivity contribution in [3.05, 3.63) is 0 Å². The lowest BCUT2D eigenvalue weighted by Crippen LogP contribution is -2.46. The summed E-state index contributed by atoms with van der Waals surface area (Å²) in [5.74, 6) is -1.70. The normalized spacial score (nSPS) is 16.2. The van der Waals surface area contributed by atoms with Crippen molar-refractivity contribution in [2.45, 2.75) is 122 Å². The zero-order chi connectivity index (χ0) is 19.8. The Hall–Kier alpha value is -0.490. The van der Waals surface area contributed by atoms with Crippen molar-refractivity contribution < 1.29 is 20.1 Å². The Morgan fingerprint density at radius 1 is 0.769 bits per heavy atom. The van der Waals surface area contributed by atoms with E-state index in [9.17, 15) is 20.1 Å². The highest BCUT2D eigenvalue weighted by Crippen LogP contribution is 2.18. The molecule has 5 nitrogen and oxygen atoms in total. The molecule has 0 radical (unpaired) electrons. The third-order valence-corrected chi connectivity index (χ3v) is 5.13. The number of Topliss-reactive ketones (excluding diaryl/α,β-unsaturated/α-hetero) is 1. The first-order valence-corrected chi connectivity index (χ1v) is 10.7. The summed E-state index contributed by atoms with van der Waals surface area (Å²) in [6.07, 6.45) is 13.0.